The number of hydrogen-bond acceptors (Lipinski definition) is 3. The van der Waals surface area contributed by atoms with E-state index in [1.165, 1.54) is 17.7 Å². The number of carbonyl (C=O) groups excluding carboxylic acids is 1. The van der Waals surface area contributed by atoms with Gasteiger partial charge in [-0.25, -0.2) is 4.39 Å². The van der Waals surface area contributed by atoms with Gasteiger partial charge in [0.2, 0.25) is 5.91 Å². The highest BCUT2D eigenvalue weighted by molar-refractivity contribution is 14.0. The Morgan fingerprint density at radius 3 is 2.41 bits per heavy atom. The van der Waals surface area contributed by atoms with Gasteiger partial charge in [-0.05, 0) is 36.2 Å². The van der Waals surface area contributed by atoms with Gasteiger partial charge in [0.25, 0.3) is 0 Å². The molecule has 2 aliphatic rings. The maximum Gasteiger partial charge on any atom is 0.223 e. The maximum absolute atomic E-state index is 13.1. The number of halogens is 2. The molecule has 2 saturated heterocycles. The van der Waals surface area contributed by atoms with Crippen molar-refractivity contribution in [2.24, 2.45) is 16.6 Å². The molecular formula is C24H31FIN5O. The molecule has 8 heteroatoms. The standard InChI is InChI=1S/C24H30FN5O.HI/c25-21-6-8-22(9-7-21)28-12-14-29(15-13-28)24(26)27-17-20-16-23(31)30(18-20)11-10-19-4-2-1-3-5-19;/h1-9,20H,10-18H2,(H2,26,27);1H. The molecule has 2 aromatic carbocycles. The summed E-state index contributed by atoms with van der Waals surface area (Å²) >= 11 is 0. The Balaban J connectivity index is 0.00000289. The lowest BCUT2D eigenvalue weighted by atomic mass is 10.1. The van der Waals surface area contributed by atoms with Crippen LogP contribution in [-0.4, -0.2) is 67.5 Å². The van der Waals surface area contributed by atoms with Gasteiger partial charge >= 0.3 is 0 Å². The Hall–Kier alpha value is -2.36. The molecule has 0 radical (unpaired) electrons. The Kier molecular flexibility index (Phi) is 8.72. The summed E-state index contributed by atoms with van der Waals surface area (Å²) in [5, 5.41) is 0. The lowest BCUT2D eigenvalue weighted by Crippen LogP contribution is -2.51. The van der Waals surface area contributed by atoms with E-state index in [0.717, 1.165) is 51.4 Å². The van der Waals surface area contributed by atoms with Crippen molar-refractivity contribution in [1.82, 2.24) is 9.80 Å². The zero-order valence-electron chi connectivity index (χ0n) is 18.2. The summed E-state index contributed by atoms with van der Waals surface area (Å²) in [5.74, 6) is 0.765. The molecule has 6 nitrogen and oxygen atoms in total. The van der Waals surface area contributed by atoms with Crippen molar-refractivity contribution < 1.29 is 9.18 Å². The molecule has 2 fully saturated rings. The summed E-state index contributed by atoms with van der Waals surface area (Å²) in [4.78, 5) is 23.2. The molecule has 4 rings (SSSR count). The molecule has 0 bridgehead atoms. The van der Waals surface area contributed by atoms with Gasteiger partial charge in [-0.2, -0.15) is 0 Å². The molecule has 1 atom stereocenters. The fourth-order valence-corrected chi connectivity index (χ4v) is 4.27. The second-order valence-electron chi connectivity index (χ2n) is 8.29. The number of piperazine rings is 1. The van der Waals surface area contributed by atoms with Gasteiger partial charge in [0, 0.05) is 63.8 Å². The molecule has 0 aromatic heterocycles. The van der Waals surface area contributed by atoms with Crippen LogP contribution in [0.5, 0.6) is 0 Å². The van der Waals surface area contributed by atoms with Gasteiger partial charge in [-0.3, -0.25) is 9.79 Å². The van der Waals surface area contributed by atoms with E-state index in [2.05, 4.69) is 26.9 Å². The predicted molar refractivity (Wildman–Crippen MR) is 137 cm³/mol. The fraction of sp³-hybridized carbons (Fsp3) is 0.417. The number of nitrogens with two attached hydrogens (primary N) is 1. The van der Waals surface area contributed by atoms with Crippen LogP contribution in [-0.2, 0) is 11.2 Å². The minimum absolute atomic E-state index is 0. The molecule has 2 N–H and O–H groups in total. The maximum atomic E-state index is 13.1. The minimum atomic E-state index is -0.220. The molecule has 32 heavy (non-hydrogen) atoms. The summed E-state index contributed by atoms with van der Waals surface area (Å²) in [6.45, 7) is 5.27. The third-order valence-corrected chi connectivity index (χ3v) is 6.11. The first-order valence-electron chi connectivity index (χ1n) is 11.0. The lowest BCUT2D eigenvalue weighted by molar-refractivity contribution is -0.127. The van der Waals surface area contributed by atoms with Crippen molar-refractivity contribution >= 4 is 41.5 Å². The highest BCUT2D eigenvalue weighted by Gasteiger charge is 2.29. The van der Waals surface area contributed by atoms with Gasteiger partial charge in [-0.15, -0.1) is 24.0 Å². The summed E-state index contributed by atoms with van der Waals surface area (Å²) in [6, 6.07) is 16.9. The lowest BCUT2D eigenvalue weighted by Gasteiger charge is -2.36. The number of hydrogen-bond donors (Lipinski definition) is 1. The van der Waals surface area contributed by atoms with Crippen molar-refractivity contribution in [1.29, 1.82) is 0 Å². The van der Waals surface area contributed by atoms with Crippen LogP contribution in [0.2, 0.25) is 0 Å². The van der Waals surface area contributed by atoms with Crippen molar-refractivity contribution in [3.05, 3.63) is 66.0 Å². The molecule has 2 aliphatic heterocycles. The number of anilines is 1. The number of nitrogens with zero attached hydrogens (tertiary/aromatic N) is 4. The monoisotopic (exact) mass is 551 g/mol. The van der Waals surface area contributed by atoms with Crippen LogP contribution >= 0.6 is 24.0 Å². The topological polar surface area (TPSA) is 65.2 Å². The highest BCUT2D eigenvalue weighted by atomic mass is 127. The first-order chi connectivity index (χ1) is 15.1. The second kappa shape index (κ2) is 11.5. The number of likely N-dealkylation sites (tertiary alicyclic amines) is 1. The SMILES string of the molecule is I.NC(=NCC1CC(=O)N(CCc2ccccc2)C1)N1CCN(c2ccc(F)cc2)CC1. The molecule has 2 aromatic rings. The summed E-state index contributed by atoms with van der Waals surface area (Å²) in [5.41, 5.74) is 8.52. The van der Waals surface area contributed by atoms with Gasteiger partial charge in [0.1, 0.15) is 5.82 Å². The van der Waals surface area contributed by atoms with E-state index < -0.39 is 0 Å². The Morgan fingerprint density at radius 2 is 1.72 bits per heavy atom. The van der Waals surface area contributed by atoms with Crippen LogP contribution in [0.4, 0.5) is 10.1 Å². The number of rotatable bonds is 6. The van der Waals surface area contributed by atoms with E-state index in [1.807, 2.05) is 35.2 Å². The molecule has 0 spiro atoms. The van der Waals surface area contributed by atoms with Gasteiger partial charge in [-0.1, -0.05) is 30.3 Å². The van der Waals surface area contributed by atoms with Crippen molar-refractivity contribution in [2.75, 3.05) is 50.7 Å². The predicted octanol–water partition coefficient (Wildman–Crippen LogP) is 2.97. The number of guanidine groups is 1. The van der Waals surface area contributed by atoms with Crippen LogP contribution in [0.1, 0.15) is 12.0 Å². The van der Waals surface area contributed by atoms with E-state index in [1.54, 1.807) is 0 Å². The van der Waals surface area contributed by atoms with Crippen LogP contribution < -0.4 is 10.6 Å². The zero-order chi connectivity index (χ0) is 21.6. The van der Waals surface area contributed by atoms with Gasteiger partial charge in [0.15, 0.2) is 5.96 Å². The quantitative estimate of drug-likeness (QED) is 0.341. The number of carbonyl (C=O) groups is 1. The Morgan fingerprint density at radius 1 is 1.03 bits per heavy atom. The van der Waals surface area contributed by atoms with E-state index in [4.69, 9.17) is 5.73 Å². The Labute approximate surface area is 206 Å². The smallest absolute Gasteiger partial charge is 0.223 e. The number of aliphatic imine (C=N–C) groups is 1. The molecule has 2 heterocycles. The molecule has 1 unspecified atom stereocenters. The highest BCUT2D eigenvalue weighted by Crippen LogP contribution is 2.20. The summed E-state index contributed by atoms with van der Waals surface area (Å²) in [6.07, 6.45) is 1.42. The average molecular weight is 551 g/mol. The summed E-state index contributed by atoms with van der Waals surface area (Å²) in [7, 11) is 0. The average Bonchev–Trinajstić information content (AvgIpc) is 3.17. The van der Waals surface area contributed by atoms with Crippen LogP contribution in [0, 0.1) is 11.7 Å². The second-order valence-corrected chi connectivity index (χ2v) is 8.29. The van der Waals surface area contributed by atoms with Gasteiger partial charge < -0.3 is 20.4 Å². The van der Waals surface area contributed by atoms with Crippen molar-refractivity contribution in [3.63, 3.8) is 0 Å². The van der Waals surface area contributed by atoms with E-state index in [0.29, 0.717) is 18.9 Å². The first-order valence-corrected chi connectivity index (χ1v) is 11.0. The van der Waals surface area contributed by atoms with E-state index >= 15 is 0 Å². The third-order valence-electron chi connectivity index (χ3n) is 6.11. The Bertz CT molecular complexity index is 900. The summed E-state index contributed by atoms with van der Waals surface area (Å²) < 4.78 is 13.1. The van der Waals surface area contributed by atoms with Gasteiger partial charge in [0.05, 0.1) is 0 Å². The first kappa shape index (κ1) is 24.3. The molecule has 0 saturated carbocycles. The third kappa shape index (κ3) is 6.34. The molecular weight excluding hydrogens is 520 g/mol. The fourth-order valence-electron chi connectivity index (χ4n) is 4.27. The zero-order valence-corrected chi connectivity index (χ0v) is 20.5. The number of benzene rings is 2. The van der Waals surface area contributed by atoms with Crippen LogP contribution in [0.25, 0.3) is 0 Å². The minimum Gasteiger partial charge on any atom is -0.370 e. The van der Waals surface area contributed by atoms with Crippen molar-refractivity contribution in [3.8, 4) is 0 Å². The molecule has 0 aliphatic carbocycles. The molecule has 172 valence electrons. The van der Waals surface area contributed by atoms with Crippen LogP contribution in [0.15, 0.2) is 59.6 Å². The largest absolute Gasteiger partial charge is 0.370 e. The van der Waals surface area contributed by atoms with Crippen molar-refractivity contribution in [2.45, 2.75) is 12.8 Å². The van der Waals surface area contributed by atoms with Crippen LogP contribution in [0.3, 0.4) is 0 Å². The van der Waals surface area contributed by atoms with E-state index in [-0.39, 0.29) is 41.6 Å². The number of amides is 1. The normalized spacial score (nSPS) is 19.3. The molecule has 1 amide bonds. The van der Waals surface area contributed by atoms with E-state index in [9.17, 15) is 9.18 Å².